The molecule has 0 bridgehead atoms. The lowest BCUT2D eigenvalue weighted by Gasteiger charge is -2.27. The van der Waals surface area contributed by atoms with E-state index < -0.39 is 0 Å². The van der Waals surface area contributed by atoms with Gasteiger partial charge in [0, 0.05) is 24.9 Å². The lowest BCUT2D eigenvalue weighted by Crippen LogP contribution is -2.14. The highest BCUT2D eigenvalue weighted by Gasteiger charge is 2.36. The minimum absolute atomic E-state index is 0.104. The molecule has 0 saturated heterocycles. The van der Waals surface area contributed by atoms with Crippen LogP contribution in [0.15, 0.2) is 97.1 Å². The van der Waals surface area contributed by atoms with Crippen LogP contribution in [0.4, 0.5) is 0 Å². The summed E-state index contributed by atoms with van der Waals surface area (Å²) >= 11 is 0. The zero-order valence-electron chi connectivity index (χ0n) is 16.9. The normalized spacial score (nSPS) is 12.8. The van der Waals surface area contributed by atoms with Crippen LogP contribution in [0.25, 0.3) is 11.1 Å². The Kier molecular flexibility index (Phi) is 4.96. The molecule has 1 radical (unpaired) electrons. The fraction of sp³-hybridized carbons (Fsp3) is 0.107. The standard InChI is InChI=1S/C28H25N2/c29-17-19-7-5-9-21(15-19)27(22-10-6-8-20(16-22)18-30)28-25-13-3-1-11-23(25)24-12-2-4-14-26(24)28/h1-16,27H,17-18,29-30H2. The van der Waals surface area contributed by atoms with Gasteiger partial charge in [0.25, 0.3) is 0 Å². The Labute approximate surface area is 178 Å². The summed E-state index contributed by atoms with van der Waals surface area (Å²) in [5, 5.41) is 0. The number of rotatable bonds is 5. The quantitative estimate of drug-likeness (QED) is 0.481. The van der Waals surface area contributed by atoms with Crippen molar-refractivity contribution >= 4 is 0 Å². The summed E-state index contributed by atoms with van der Waals surface area (Å²) in [5.41, 5.74) is 22.0. The molecular formula is C28H25N2. The van der Waals surface area contributed by atoms with E-state index in [9.17, 15) is 0 Å². The maximum atomic E-state index is 5.99. The molecule has 0 aromatic heterocycles. The SMILES string of the molecule is NCc1cccc(C([C]2c3ccccc3-c3ccccc32)c2cccc(CN)c2)c1. The summed E-state index contributed by atoms with van der Waals surface area (Å²) in [4.78, 5) is 0. The van der Waals surface area contributed by atoms with Crippen LogP contribution in [0.5, 0.6) is 0 Å². The molecule has 5 rings (SSSR count). The lowest BCUT2D eigenvalue weighted by atomic mass is 9.75. The molecule has 4 aromatic rings. The van der Waals surface area contributed by atoms with E-state index in [1.54, 1.807) is 0 Å². The summed E-state index contributed by atoms with van der Waals surface area (Å²) < 4.78 is 0. The monoisotopic (exact) mass is 389 g/mol. The summed E-state index contributed by atoms with van der Waals surface area (Å²) in [6.45, 7) is 1.07. The van der Waals surface area contributed by atoms with Crippen LogP contribution in [0.3, 0.4) is 0 Å². The molecule has 0 amide bonds. The average molecular weight is 390 g/mol. The second-order valence-corrected chi connectivity index (χ2v) is 7.84. The van der Waals surface area contributed by atoms with Gasteiger partial charge in [-0.2, -0.15) is 0 Å². The lowest BCUT2D eigenvalue weighted by molar-refractivity contribution is 0.872. The topological polar surface area (TPSA) is 52.0 Å². The Morgan fingerprint density at radius 2 is 0.933 bits per heavy atom. The number of hydrogen-bond acceptors (Lipinski definition) is 2. The Balaban J connectivity index is 1.76. The van der Waals surface area contributed by atoms with E-state index in [2.05, 4.69) is 97.1 Å². The van der Waals surface area contributed by atoms with Gasteiger partial charge >= 0.3 is 0 Å². The van der Waals surface area contributed by atoms with Crippen molar-refractivity contribution in [3.63, 3.8) is 0 Å². The molecule has 147 valence electrons. The average Bonchev–Trinajstić information content (AvgIpc) is 3.14. The van der Waals surface area contributed by atoms with Crippen LogP contribution in [0.2, 0.25) is 0 Å². The molecule has 0 spiro atoms. The Bertz CT molecular complexity index is 1100. The zero-order chi connectivity index (χ0) is 20.5. The van der Waals surface area contributed by atoms with Crippen molar-refractivity contribution < 1.29 is 0 Å². The maximum absolute atomic E-state index is 5.99. The van der Waals surface area contributed by atoms with Crippen LogP contribution < -0.4 is 11.5 Å². The van der Waals surface area contributed by atoms with Crippen LogP contribution in [0, 0.1) is 5.92 Å². The van der Waals surface area contributed by atoms with Gasteiger partial charge in [0.2, 0.25) is 0 Å². The first-order valence-corrected chi connectivity index (χ1v) is 10.4. The summed E-state index contributed by atoms with van der Waals surface area (Å²) in [7, 11) is 0. The van der Waals surface area contributed by atoms with Gasteiger partial charge in [-0.1, -0.05) is 97.1 Å². The van der Waals surface area contributed by atoms with E-state index in [1.807, 2.05) is 0 Å². The van der Waals surface area contributed by atoms with Gasteiger partial charge in [-0.15, -0.1) is 0 Å². The minimum atomic E-state index is 0.104. The van der Waals surface area contributed by atoms with E-state index in [-0.39, 0.29) is 5.92 Å². The summed E-state index contributed by atoms with van der Waals surface area (Å²) in [5.74, 6) is 1.46. The number of benzene rings is 4. The largest absolute Gasteiger partial charge is 0.326 e. The van der Waals surface area contributed by atoms with E-state index in [1.165, 1.54) is 39.3 Å². The highest BCUT2D eigenvalue weighted by Crippen LogP contribution is 2.52. The first-order chi connectivity index (χ1) is 14.8. The smallest absolute Gasteiger partial charge is 0.0470 e. The van der Waals surface area contributed by atoms with Crippen molar-refractivity contribution in [2.45, 2.75) is 19.0 Å². The third-order valence-electron chi connectivity index (χ3n) is 6.05. The Morgan fingerprint density at radius 1 is 0.500 bits per heavy atom. The minimum Gasteiger partial charge on any atom is -0.326 e. The van der Waals surface area contributed by atoms with Crippen molar-refractivity contribution in [3.8, 4) is 11.1 Å². The number of nitrogens with two attached hydrogens (primary N) is 2. The van der Waals surface area contributed by atoms with E-state index in [4.69, 9.17) is 11.5 Å². The molecule has 1 aliphatic carbocycles. The highest BCUT2D eigenvalue weighted by atomic mass is 14.5. The fourth-order valence-electron chi connectivity index (χ4n) is 4.69. The Hall–Kier alpha value is -3.20. The summed E-state index contributed by atoms with van der Waals surface area (Å²) in [6, 6.07) is 34.8. The van der Waals surface area contributed by atoms with Gasteiger partial charge in [0.05, 0.1) is 0 Å². The molecule has 0 heterocycles. The van der Waals surface area contributed by atoms with Crippen molar-refractivity contribution in [3.05, 3.63) is 136 Å². The number of fused-ring (bicyclic) bond motifs is 3. The molecule has 0 fully saturated rings. The van der Waals surface area contributed by atoms with Crippen LogP contribution in [0.1, 0.15) is 39.3 Å². The van der Waals surface area contributed by atoms with Crippen LogP contribution in [-0.2, 0) is 13.1 Å². The Morgan fingerprint density at radius 3 is 1.37 bits per heavy atom. The molecule has 4 N–H and O–H groups in total. The molecule has 0 unspecified atom stereocenters. The zero-order valence-corrected chi connectivity index (χ0v) is 16.9. The van der Waals surface area contributed by atoms with Gasteiger partial charge in [-0.05, 0) is 44.5 Å². The van der Waals surface area contributed by atoms with Gasteiger partial charge in [-0.25, -0.2) is 0 Å². The molecule has 1 aliphatic rings. The first-order valence-electron chi connectivity index (χ1n) is 10.4. The van der Waals surface area contributed by atoms with Gasteiger partial charge in [0.1, 0.15) is 0 Å². The molecule has 4 aromatic carbocycles. The van der Waals surface area contributed by atoms with Crippen molar-refractivity contribution in [1.29, 1.82) is 0 Å². The van der Waals surface area contributed by atoms with Gasteiger partial charge < -0.3 is 11.5 Å². The van der Waals surface area contributed by atoms with Crippen LogP contribution >= 0.6 is 0 Å². The predicted octanol–water partition coefficient (Wildman–Crippen LogP) is 5.39. The molecule has 0 aliphatic heterocycles. The van der Waals surface area contributed by atoms with Gasteiger partial charge in [-0.3, -0.25) is 0 Å². The van der Waals surface area contributed by atoms with E-state index >= 15 is 0 Å². The second kappa shape index (κ2) is 7.91. The van der Waals surface area contributed by atoms with E-state index in [0.29, 0.717) is 13.1 Å². The molecule has 2 heteroatoms. The molecule has 2 nitrogen and oxygen atoms in total. The van der Waals surface area contributed by atoms with E-state index in [0.717, 1.165) is 11.1 Å². The predicted molar refractivity (Wildman–Crippen MR) is 124 cm³/mol. The third-order valence-corrected chi connectivity index (χ3v) is 6.05. The summed E-state index contributed by atoms with van der Waals surface area (Å²) in [6.07, 6.45) is 0. The molecule has 0 saturated carbocycles. The van der Waals surface area contributed by atoms with Crippen molar-refractivity contribution in [1.82, 2.24) is 0 Å². The number of hydrogen-bond donors (Lipinski definition) is 2. The van der Waals surface area contributed by atoms with Gasteiger partial charge in [0.15, 0.2) is 0 Å². The second-order valence-electron chi connectivity index (χ2n) is 7.84. The van der Waals surface area contributed by atoms with Crippen LogP contribution in [-0.4, -0.2) is 0 Å². The highest BCUT2D eigenvalue weighted by molar-refractivity contribution is 5.85. The first kappa shape index (κ1) is 18.8. The molecular weight excluding hydrogens is 364 g/mol. The van der Waals surface area contributed by atoms with Crippen molar-refractivity contribution in [2.75, 3.05) is 0 Å². The fourth-order valence-corrected chi connectivity index (χ4v) is 4.69. The third kappa shape index (κ3) is 3.15. The molecule has 0 atom stereocenters. The van der Waals surface area contributed by atoms with Crippen molar-refractivity contribution in [2.24, 2.45) is 11.5 Å². The molecule has 30 heavy (non-hydrogen) atoms. The maximum Gasteiger partial charge on any atom is 0.0470 e.